The van der Waals surface area contributed by atoms with Gasteiger partial charge >= 0.3 is 6.03 Å². The maximum atomic E-state index is 12.1. The molecule has 22 heavy (non-hydrogen) atoms. The molecule has 0 unspecified atom stereocenters. The number of hydrogen-bond donors (Lipinski definition) is 2. The van der Waals surface area contributed by atoms with Crippen molar-refractivity contribution in [3.63, 3.8) is 0 Å². The van der Waals surface area contributed by atoms with Crippen molar-refractivity contribution in [3.8, 4) is 0 Å². The number of rotatable bonds is 4. The Hall–Kier alpha value is -2.63. The highest BCUT2D eigenvalue weighted by Crippen LogP contribution is 2.15. The molecular weight excluding hydrogens is 280 g/mol. The van der Waals surface area contributed by atoms with Gasteiger partial charge in [-0.3, -0.25) is 4.79 Å². The number of hydrogen-bond acceptors (Lipinski definition) is 3. The van der Waals surface area contributed by atoms with Crippen LogP contribution in [0.4, 0.5) is 4.79 Å². The van der Waals surface area contributed by atoms with Crippen molar-refractivity contribution in [2.45, 2.75) is 26.9 Å². The van der Waals surface area contributed by atoms with Crippen molar-refractivity contribution in [2.75, 3.05) is 7.05 Å². The molecule has 0 saturated carbocycles. The van der Waals surface area contributed by atoms with E-state index >= 15 is 0 Å². The monoisotopic (exact) mass is 300 g/mol. The van der Waals surface area contributed by atoms with E-state index in [0.29, 0.717) is 12.2 Å². The van der Waals surface area contributed by atoms with E-state index in [1.54, 1.807) is 18.0 Å². The highest BCUT2D eigenvalue weighted by molar-refractivity contribution is 5.73. The fraction of sp³-hybridized carbons (Fsp3) is 0.312. The molecule has 2 aromatic rings. The van der Waals surface area contributed by atoms with Crippen LogP contribution in [0, 0.1) is 13.8 Å². The topological polar surface area (TPSA) is 78.1 Å². The molecule has 0 atom stereocenters. The summed E-state index contributed by atoms with van der Waals surface area (Å²) in [5.41, 5.74) is 3.84. The van der Waals surface area contributed by atoms with E-state index in [9.17, 15) is 9.59 Å². The molecule has 1 aromatic carbocycles. The van der Waals surface area contributed by atoms with Crippen LogP contribution < -0.4 is 10.9 Å². The largest absolute Gasteiger partial charge is 0.332 e. The first-order valence-corrected chi connectivity index (χ1v) is 7.06. The second-order valence-electron chi connectivity index (χ2n) is 5.30. The highest BCUT2D eigenvalue weighted by Gasteiger charge is 2.11. The highest BCUT2D eigenvalue weighted by atomic mass is 16.2. The van der Waals surface area contributed by atoms with Crippen molar-refractivity contribution in [3.05, 3.63) is 63.1 Å². The zero-order chi connectivity index (χ0) is 16.1. The number of aryl methyl sites for hydroxylation is 2. The molecule has 116 valence electrons. The molecule has 0 fully saturated rings. The first-order chi connectivity index (χ1) is 10.5. The number of carbonyl (C=O) groups is 1. The Morgan fingerprint density at radius 1 is 1.23 bits per heavy atom. The molecule has 0 saturated heterocycles. The Morgan fingerprint density at radius 2 is 1.91 bits per heavy atom. The molecule has 1 heterocycles. The van der Waals surface area contributed by atoms with Crippen molar-refractivity contribution in [1.29, 1.82) is 0 Å². The van der Waals surface area contributed by atoms with Gasteiger partial charge in [0.25, 0.3) is 5.56 Å². The van der Waals surface area contributed by atoms with Crippen molar-refractivity contribution < 1.29 is 4.79 Å². The molecule has 0 radical (unpaired) electrons. The average Bonchev–Trinajstić information content (AvgIpc) is 2.50. The first-order valence-electron chi connectivity index (χ1n) is 7.06. The molecule has 2 amide bonds. The third-order valence-corrected chi connectivity index (χ3v) is 3.54. The number of carbonyl (C=O) groups excluding carboxylic acids is 1. The Balaban J connectivity index is 1.95. The van der Waals surface area contributed by atoms with Gasteiger partial charge in [-0.25, -0.2) is 9.89 Å². The van der Waals surface area contributed by atoms with Gasteiger partial charge < -0.3 is 10.2 Å². The molecule has 0 aliphatic carbocycles. The van der Waals surface area contributed by atoms with Crippen LogP contribution in [-0.2, 0) is 13.1 Å². The molecule has 2 rings (SSSR count). The van der Waals surface area contributed by atoms with Gasteiger partial charge in [0.2, 0.25) is 0 Å². The molecule has 1 aromatic heterocycles. The van der Waals surface area contributed by atoms with E-state index < -0.39 is 0 Å². The summed E-state index contributed by atoms with van der Waals surface area (Å²) in [6, 6.07) is 8.88. The third kappa shape index (κ3) is 3.94. The second kappa shape index (κ2) is 6.89. The zero-order valence-electron chi connectivity index (χ0n) is 13.0. The number of aromatic amines is 1. The molecule has 0 aliphatic heterocycles. The molecule has 6 nitrogen and oxygen atoms in total. The lowest BCUT2D eigenvalue weighted by molar-refractivity contribution is 0.206. The first kappa shape index (κ1) is 15.8. The normalized spacial score (nSPS) is 10.3. The van der Waals surface area contributed by atoms with Gasteiger partial charge in [-0.1, -0.05) is 18.2 Å². The molecular formula is C16H20N4O2. The summed E-state index contributed by atoms with van der Waals surface area (Å²) in [4.78, 5) is 24.7. The van der Waals surface area contributed by atoms with E-state index in [0.717, 1.165) is 5.56 Å². The third-order valence-electron chi connectivity index (χ3n) is 3.54. The summed E-state index contributed by atoms with van der Waals surface area (Å²) in [5, 5.41) is 8.97. The summed E-state index contributed by atoms with van der Waals surface area (Å²) < 4.78 is 0. The summed E-state index contributed by atoms with van der Waals surface area (Å²) in [6.07, 6.45) is 0. The summed E-state index contributed by atoms with van der Waals surface area (Å²) in [7, 11) is 1.75. The fourth-order valence-corrected chi connectivity index (χ4v) is 2.18. The minimum atomic E-state index is -0.262. The lowest BCUT2D eigenvalue weighted by Crippen LogP contribution is -2.37. The lowest BCUT2D eigenvalue weighted by Gasteiger charge is -2.20. The van der Waals surface area contributed by atoms with Crippen LogP contribution in [-0.4, -0.2) is 28.2 Å². The van der Waals surface area contributed by atoms with Crippen molar-refractivity contribution >= 4 is 6.03 Å². The molecule has 6 heteroatoms. The van der Waals surface area contributed by atoms with Gasteiger partial charge in [0, 0.05) is 19.7 Å². The quantitative estimate of drug-likeness (QED) is 0.902. The van der Waals surface area contributed by atoms with E-state index in [4.69, 9.17) is 0 Å². The predicted molar refractivity (Wildman–Crippen MR) is 84.5 cm³/mol. The van der Waals surface area contributed by atoms with Crippen LogP contribution in [0.3, 0.4) is 0 Å². The number of aromatic nitrogens is 2. The number of benzene rings is 1. The molecule has 0 bridgehead atoms. The molecule has 0 spiro atoms. The van der Waals surface area contributed by atoms with E-state index in [2.05, 4.69) is 15.5 Å². The Morgan fingerprint density at radius 3 is 2.50 bits per heavy atom. The number of amides is 2. The van der Waals surface area contributed by atoms with Gasteiger partial charge in [-0.05, 0) is 36.6 Å². The minimum absolute atomic E-state index is 0.185. The van der Waals surface area contributed by atoms with Gasteiger partial charge in [0.1, 0.15) is 0 Å². The Labute approximate surface area is 129 Å². The maximum absolute atomic E-state index is 12.1. The standard InChI is InChI=1S/C16H20N4O2/c1-11-5-4-6-12(2)14(11)10-20(3)16(22)17-9-13-7-8-15(21)19-18-13/h4-8H,9-10H2,1-3H3,(H,17,22)(H,19,21). The molecule has 2 N–H and O–H groups in total. The van der Waals surface area contributed by atoms with Gasteiger partial charge in [0.15, 0.2) is 0 Å². The van der Waals surface area contributed by atoms with Crippen LogP contribution in [0.5, 0.6) is 0 Å². The van der Waals surface area contributed by atoms with Crippen LogP contribution >= 0.6 is 0 Å². The van der Waals surface area contributed by atoms with Gasteiger partial charge in [0.05, 0.1) is 12.2 Å². The van der Waals surface area contributed by atoms with Gasteiger partial charge in [-0.15, -0.1) is 0 Å². The average molecular weight is 300 g/mol. The van der Waals surface area contributed by atoms with Crippen molar-refractivity contribution in [2.24, 2.45) is 0 Å². The summed E-state index contributed by atoms with van der Waals surface area (Å²) in [5.74, 6) is 0. The minimum Gasteiger partial charge on any atom is -0.332 e. The number of nitrogens with zero attached hydrogens (tertiary/aromatic N) is 2. The Bertz CT molecular complexity index is 684. The second-order valence-corrected chi connectivity index (χ2v) is 5.30. The van der Waals surface area contributed by atoms with Crippen LogP contribution in [0.1, 0.15) is 22.4 Å². The smallest absolute Gasteiger partial charge is 0.317 e. The lowest BCUT2D eigenvalue weighted by atomic mass is 10.0. The fourth-order valence-electron chi connectivity index (χ4n) is 2.18. The maximum Gasteiger partial charge on any atom is 0.317 e. The summed E-state index contributed by atoms with van der Waals surface area (Å²) >= 11 is 0. The van der Waals surface area contributed by atoms with Crippen LogP contribution in [0.25, 0.3) is 0 Å². The van der Waals surface area contributed by atoms with Crippen molar-refractivity contribution in [1.82, 2.24) is 20.4 Å². The number of H-pyrrole nitrogens is 1. The van der Waals surface area contributed by atoms with Crippen LogP contribution in [0.2, 0.25) is 0 Å². The van der Waals surface area contributed by atoms with E-state index in [-0.39, 0.29) is 18.1 Å². The number of urea groups is 1. The Kier molecular flexibility index (Phi) is 4.93. The van der Waals surface area contributed by atoms with E-state index in [1.165, 1.54) is 17.2 Å². The zero-order valence-corrected chi connectivity index (χ0v) is 13.0. The van der Waals surface area contributed by atoms with E-state index in [1.807, 2.05) is 32.0 Å². The summed E-state index contributed by atoms with van der Waals surface area (Å²) in [6.45, 7) is 4.90. The number of nitrogens with one attached hydrogen (secondary N) is 2. The van der Waals surface area contributed by atoms with Crippen LogP contribution in [0.15, 0.2) is 35.1 Å². The van der Waals surface area contributed by atoms with Gasteiger partial charge in [-0.2, -0.15) is 5.10 Å². The predicted octanol–water partition coefficient (Wildman–Crippen LogP) is 1.73. The molecule has 0 aliphatic rings. The SMILES string of the molecule is Cc1cccc(C)c1CN(C)C(=O)NCc1ccc(=O)[nH]n1.